The molecule has 1 heterocycles. The van der Waals surface area contributed by atoms with Crippen LogP contribution in [0.25, 0.3) is 11.1 Å². The summed E-state index contributed by atoms with van der Waals surface area (Å²) in [6, 6.07) is 13.1. The van der Waals surface area contributed by atoms with Crippen molar-refractivity contribution in [3.05, 3.63) is 53.9 Å². The van der Waals surface area contributed by atoms with Crippen LogP contribution in [-0.4, -0.2) is 4.98 Å². The lowest BCUT2D eigenvalue weighted by atomic mass is 10.0. The summed E-state index contributed by atoms with van der Waals surface area (Å²) in [7, 11) is 0. The Bertz CT molecular complexity index is 510. The summed E-state index contributed by atoms with van der Waals surface area (Å²) in [5, 5.41) is 0. The Morgan fingerprint density at radius 1 is 0.952 bits per heavy atom. The van der Waals surface area contributed by atoms with E-state index in [0.29, 0.717) is 0 Å². The third-order valence-corrected chi connectivity index (χ3v) is 3.45. The van der Waals surface area contributed by atoms with Crippen molar-refractivity contribution in [3.8, 4) is 11.1 Å². The molecule has 1 aliphatic carbocycles. The van der Waals surface area contributed by atoms with Crippen LogP contribution in [0.15, 0.2) is 42.6 Å². The summed E-state index contributed by atoms with van der Waals surface area (Å²) >= 11 is 0. The fourth-order valence-electron chi connectivity index (χ4n) is 2.17. The van der Waals surface area contributed by atoms with Gasteiger partial charge in [0.15, 0.2) is 0 Å². The van der Waals surface area contributed by atoms with Gasteiger partial charge in [-0.3, -0.25) is 4.98 Å². The predicted octanol–water partition coefficient (Wildman–Crippen LogP) is 6.24. The molecule has 1 fully saturated rings. The van der Waals surface area contributed by atoms with Crippen LogP contribution >= 0.6 is 0 Å². The Morgan fingerprint density at radius 2 is 1.67 bits per heavy atom. The highest BCUT2D eigenvalue weighted by Gasteiger charge is 2.24. The average molecular weight is 283 g/mol. The Labute approximate surface area is 130 Å². The molecule has 0 unspecified atom stereocenters. The molecule has 114 valence electrons. The topological polar surface area (TPSA) is 12.9 Å². The average Bonchev–Trinajstić information content (AvgIpc) is 3.44. The minimum absolute atomic E-state index is 0.742. The molecule has 1 aromatic carbocycles. The first-order chi connectivity index (χ1) is 10.4. The van der Waals surface area contributed by atoms with Gasteiger partial charge in [-0.05, 0) is 36.5 Å². The largest absolute Gasteiger partial charge is 0.260 e. The molecule has 0 N–H and O–H groups in total. The van der Waals surface area contributed by atoms with Crippen LogP contribution in [0.3, 0.4) is 0 Å². The highest BCUT2D eigenvalue weighted by atomic mass is 14.7. The molecule has 0 aliphatic heterocycles. The van der Waals surface area contributed by atoms with E-state index >= 15 is 0 Å². The Balaban J connectivity index is 0.000000510. The van der Waals surface area contributed by atoms with E-state index in [1.54, 1.807) is 0 Å². The summed E-state index contributed by atoms with van der Waals surface area (Å²) in [6.07, 6.45) is 5.74. The van der Waals surface area contributed by atoms with E-state index in [2.05, 4.69) is 48.3 Å². The zero-order valence-electron chi connectivity index (χ0n) is 14.2. The van der Waals surface area contributed by atoms with Crippen molar-refractivity contribution in [1.29, 1.82) is 0 Å². The SMILES string of the molecule is CC.CC.CCc1cccc(-c2ccc(C3CC3)nc2)c1. The van der Waals surface area contributed by atoms with Gasteiger partial charge < -0.3 is 0 Å². The molecule has 1 aromatic heterocycles. The highest BCUT2D eigenvalue weighted by Crippen LogP contribution is 2.39. The molecule has 0 spiro atoms. The summed E-state index contributed by atoms with van der Waals surface area (Å²) in [5.41, 5.74) is 5.15. The Kier molecular flexibility index (Phi) is 7.74. The van der Waals surface area contributed by atoms with E-state index in [4.69, 9.17) is 0 Å². The smallest absolute Gasteiger partial charge is 0.0434 e. The molecule has 0 radical (unpaired) electrons. The van der Waals surface area contributed by atoms with Gasteiger partial charge in [-0.25, -0.2) is 0 Å². The van der Waals surface area contributed by atoms with E-state index < -0.39 is 0 Å². The normalized spacial score (nSPS) is 12.6. The molecule has 0 saturated heterocycles. The van der Waals surface area contributed by atoms with Gasteiger partial charge in [0, 0.05) is 23.4 Å². The lowest BCUT2D eigenvalue weighted by molar-refractivity contribution is 1.02. The minimum Gasteiger partial charge on any atom is -0.260 e. The number of aromatic nitrogens is 1. The maximum atomic E-state index is 4.57. The second-order valence-electron chi connectivity index (χ2n) is 4.80. The lowest BCUT2D eigenvalue weighted by Gasteiger charge is -2.04. The molecule has 1 aliphatic rings. The van der Waals surface area contributed by atoms with Crippen molar-refractivity contribution in [2.45, 2.75) is 59.8 Å². The van der Waals surface area contributed by atoms with E-state index in [1.165, 1.54) is 35.2 Å². The summed E-state index contributed by atoms with van der Waals surface area (Å²) in [6.45, 7) is 10.2. The molecule has 1 heteroatoms. The summed E-state index contributed by atoms with van der Waals surface area (Å²) in [4.78, 5) is 4.57. The van der Waals surface area contributed by atoms with Crippen LogP contribution in [0.4, 0.5) is 0 Å². The van der Waals surface area contributed by atoms with Gasteiger partial charge in [0.1, 0.15) is 0 Å². The first-order valence-electron chi connectivity index (χ1n) is 8.42. The first kappa shape index (κ1) is 17.4. The van der Waals surface area contributed by atoms with Crippen LogP contribution in [0.2, 0.25) is 0 Å². The molecule has 2 aromatic rings. The van der Waals surface area contributed by atoms with Crippen LogP contribution in [0.5, 0.6) is 0 Å². The molecular weight excluding hydrogens is 254 g/mol. The summed E-state index contributed by atoms with van der Waals surface area (Å²) in [5.74, 6) is 0.742. The maximum Gasteiger partial charge on any atom is 0.0434 e. The van der Waals surface area contributed by atoms with Gasteiger partial charge in [-0.2, -0.15) is 0 Å². The number of nitrogens with zero attached hydrogens (tertiary/aromatic N) is 1. The van der Waals surface area contributed by atoms with Crippen molar-refractivity contribution in [2.24, 2.45) is 0 Å². The van der Waals surface area contributed by atoms with Gasteiger partial charge in [0.05, 0.1) is 0 Å². The summed E-state index contributed by atoms with van der Waals surface area (Å²) < 4.78 is 0. The molecule has 0 bridgehead atoms. The van der Waals surface area contributed by atoms with Crippen molar-refractivity contribution >= 4 is 0 Å². The van der Waals surface area contributed by atoms with Gasteiger partial charge in [0.2, 0.25) is 0 Å². The second-order valence-corrected chi connectivity index (χ2v) is 4.80. The van der Waals surface area contributed by atoms with E-state index in [1.807, 2.05) is 33.9 Å². The van der Waals surface area contributed by atoms with Gasteiger partial charge >= 0.3 is 0 Å². The zero-order valence-corrected chi connectivity index (χ0v) is 14.2. The van der Waals surface area contributed by atoms with Crippen molar-refractivity contribution in [1.82, 2.24) is 4.98 Å². The number of pyridine rings is 1. The Morgan fingerprint density at radius 3 is 2.19 bits per heavy atom. The quantitative estimate of drug-likeness (QED) is 0.649. The predicted molar refractivity (Wildman–Crippen MR) is 93.7 cm³/mol. The molecule has 3 rings (SSSR count). The number of hydrogen-bond donors (Lipinski definition) is 0. The minimum atomic E-state index is 0.742. The van der Waals surface area contributed by atoms with Crippen LogP contribution in [0.1, 0.15) is 64.6 Å². The zero-order chi connectivity index (χ0) is 15.7. The number of rotatable bonds is 3. The number of hydrogen-bond acceptors (Lipinski definition) is 1. The molecule has 1 nitrogen and oxygen atoms in total. The second kappa shape index (κ2) is 9.33. The highest BCUT2D eigenvalue weighted by molar-refractivity contribution is 5.63. The molecule has 21 heavy (non-hydrogen) atoms. The molecule has 1 saturated carbocycles. The maximum absolute atomic E-state index is 4.57. The van der Waals surface area contributed by atoms with Crippen LogP contribution < -0.4 is 0 Å². The van der Waals surface area contributed by atoms with Crippen LogP contribution in [0, 0.1) is 0 Å². The van der Waals surface area contributed by atoms with Crippen molar-refractivity contribution in [3.63, 3.8) is 0 Å². The van der Waals surface area contributed by atoms with Crippen molar-refractivity contribution in [2.75, 3.05) is 0 Å². The fourth-order valence-corrected chi connectivity index (χ4v) is 2.17. The van der Waals surface area contributed by atoms with Crippen LogP contribution in [-0.2, 0) is 6.42 Å². The number of benzene rings is 1. The lowest BCUT2D eigenvalue weighted by Crippen LogP contribution is -1.87. The van der Waals surface area contributed by atoms with E-state index in [0.717, 1.165) is 12.3 Å². The van der Waals surface area contributed by atoms with E-state index in [9.17, 15) is 0 Å². The standard InChI is InChI=1S/C16H17N.2C2H6/c1-2-12-4-3-5-14(10-12)15-8-9-16(17-11-15)13-6-7-13;2*1-2/h3-5,8-11,13H,2,6-7H2,1H3;2*1-2H3. The molecular formula is C20H29N. The van der Waals surface area contributed by atoms with Gasteiger partial charge in [0.25, 0.3) is 0 Å². The van der Waals surface area contributed by atoms with Gasteiger partial charge in [-0.1, -0.05) is 65.0 Å². The Hall–Kier alpha value is -1.63. The third kappa shape index (κ3) is 5.00. The van der Waals surface area contributed by atoms with E-state index in [-0.39, 0.29) is 0 Å². The number of aryl methyl sites for hydroxylation is 1. The molecule has 0 amide bonds. The monoisotopic (exact) mass is 283 g/mol. The molecule has 0 atom stereocenters. The van der Waals surface area contributed by atoms with Gasteiger partial charge in [-0.15, -0.1) is 0 Å². The third-order valence-electron chi connectivity index (χ3n) is 3.45. The first-order valence-corrected chi connectivity index (χ1v) is 8.42. The fraction of sp³-hybridized carbons (Fsp3) is 0.450. The van der Waals surface area contributed by atoms with Crippen molar-refractivity contribution < 1.29 is 0 Å².